The molecule has 5 N–H and O–H groups in total. The van der Waals surface area contributed by atoms with E-state index in [9.17, 15) is 9.59 Å². The first-order valence-corrected chi connectivity index (χ1v) is 7.14. The average molecular weight is 305 g/mol. The van der Waals surface area contributed by atoms with Gasteiger partial charge < -0.3 is 16.5 Å². The van der Waals surface area contributed by atoms with Crippen molar-refractivity contribution in [2.24, 2.45) is 5.73 Å². The normalized spacial score (nSPS) is 10.5. The number of aromatic amines is 1. The Labute approximate surface area is 125 Å². The third-order valence-corrected chi connectivity index (χ3v) is 3.47. The lowest BCUT2D eigenvalue weighted by Crippen LogP contribution is -2.14. The van der Waals surface area contributed by atoms with Gasteiger partial charge in [0, 0.05) is 11.8 Å². The van der Waals surface area contributed by atoms with Crippen molar-refractivity contribution in [1.82, 2.24) is 15.0 Å². The zero-order chi connectivity index (χ0) is 15.4. The molecule has 0 aliphatic carbocycles. The van der Waals surface area contributed by atoms with Crippen LogP contribution in [0, 0.1) is 0 Å². The summed E-state index contributed by atoms with van der Waals surface area (Å²) in [6.07, 6.45) is 2.97. The molecule has 0 aliphatic heterocycles. The number of primary amides is 1. The Balaban J connectivity index is 2.32. The summed E-state index contributed by atoms with van der Waals surface area (Å²) in [4.78, 5) is 33.9. The maximum absolute atomic E-state index is 11.6. The maximum atomic E-state index is 11.6. The van der Waals surface area contributed by atoms with Gasteiger partial charge >= 0.3 is 0 Å². The first kappa shape index (κ1) is 15.0. The van der Waals surface area contributed by atoms with E-state index in [0.717, 1.165) is 24.6 Å². The van der Waals surface area contributed by atoms with Crippen LogP contribution in [0.15, 0.2) is 33.3 Å². The lowest BCUT2D eigenvalue weighted by Gasteiger charge is -2.05. The van der Waals surface area contributed by atoms with Crippen LogP contribution in [-0.4, -0.2) is 20.9 Å². The minimum atomic E-state index is -0.627. The Morgan fingerprint density at radius 1 is 1.43 bits per heavy atom. The fraction of sp³-hybridized carbons (Fsp3) is 0.231. The van der Waals surface area contributed by atoms with Crippen molar-refractivity contribution in [2.45, 2.75) is 29.9 Å². The average Bonchev–Trinajstić information content (AvgIpc) is 2.40. The molecule has 2 aromatic rings. The molecular formula is C13H15N5O2S. The smallest absolute Gasteiger partial charge is 0.251 e. The number of pyridine rings is 1. The molecule has 7 nitrogen and oxygen atoms in total. The van der Waals surface area contributed by atoms with Gasteiger partial charge in [0.25, 0.3) is 11.5 Å². The van der Waals surface area contributed by atoms with Crippen LogP contribution in [-0.2, 0) is 6.42 Å². The van der Waals surface area contributed by atoms with Crippen LogP contribution in [0.1, 0.15) is 29.4 Å². The number of aromatic nitrogens is 3. The predicted molar refractivity (Wildman–Crippen MR) is 80.1 cm³/mol. The second-order valence-electron chi connectivity index (χ2n) is 4.37. The Bertz CT molecular complexity index is 729. The van der Waals surface area contributed by atoms with E-state index in [0.29, 0.717) is 15.9 Å². The van der Waals surface area contributed by atoms with E-state index >= 15 is 0 Å². The summed E-state index contributed by atoms with van der Waals surface area (Å²) in [6.45, 7) is 2.01. The van der Waals surface area contributed by atoms with Gasteiger partial charge in [-0.3, -0.25) is 9.59 Å². The zero-order valence-electron chi connectivity index (χ0n) is 11.4. The van der Waals surface area contributed by atoms with Gasteiger partial charge in [0.2, 0.25) is 0 Å². The first-order chi connectivity index (χ1) is 9.99. The molecule has 2 heterocycles. The number of anilines is 1. The first-order valence-electron chi connectivity index (χ1n) is 6.33. The van der Waals surface area contributed by atoms with E-state index in [1.165, 1.54) is 18.3 Å². The summed E-state index contributed by atoms with van der Waals surface area (Å²) in [5.41, 5.74) is 11.8. The van der Waals surface area contributed by atoms with Crippen molar-refractivity contribution in [1.29, 1.82) is 0 Å². The number of rotatable bonds is 5. The Hall–Kier alpha value is -2.35. The summed E-state index contributed by atoms with van der Waals surface area (Å²) in [6, 6.07) is 2.95. The number of hydrogen-bond acceptors (Lipinski definition) is 6. The summed E-state index contributed by atoms with van der Waals surface area (Å²) >= 11 is 1.14. The van der Waals surface area contributed by atoms with E-state index in [4.69, 9.17) is 11.5 Å². The quantitative estimate of drug-likeness (QED) is 0.706. The number of amides is 1. The molecule has 21 heavy (non-hydrogen) atoms. The lowest BCUT2D eigenvalue weighted by atomic mass is 10.2. The molecular weight excluding hydrogens is 290 g/mol. The van der Waals surface area contributed by atoms with Crippen LogP contribution in [0.3, 0.4) is 0 Å². The van der Waals surface area contributed by atoms with Crippen molar-refractivity contribution in [3.8, 4) is 0 Å². The number of carbonyl (C=O) groups is 1. The molecule has 0 bridgehead atoms. The van der Waals surface area contributed by atoms with E-state index in [2.05, 4.69) is 15.0 Å². The third-order valence-electron chi connectivity index (χ3n) is 2.66. The summed E-state index contributed by atoms with van der Waals surface area (Å²) in [5.74, 6) is -0.627. The van der Waals surface area contributed by atoms with Gasteiger partial charge in [-0.05, 0) is 24.2 Å². The van der Waals surface area contributed by atoms with Gasteiger partial charge in [-0.15, -0.1) is 0 Å². The molecule has 110 valence electrons. The van der Waals surface area contributed by atoms with E-state index < -0.39 is 5.91 Å². The highest BCUT2D eigenvalue weighted by Gasteiger charge is 2.10. The number of nitrogens with two attached hydrogens (primary N) is 2. The highest BCUT2D eigenvalue weighted by atomic mass is 32.2. The van der Waals surface area contributed by atoms with Crippen molar-refractivity contribution in [3.63, 3.8) is 0 Å². The summed E-state index contributed by atoms with van der Waals surface area (Å²) in [5, 5.41) is 0.897. The molecule has 1 amide bonds. The summed E-state index contributed by atoms with van der Waals surface area (Å²) < 4.78 is 0. The molecule has 0 saturated carbocycles. The number of H-pyrrole nitrogens is 1. The Kier molecular flexibility index (Phi) is 4.59. The molecule has 0 unspecified atom stereocenters. The molecule has 0 fully saturated rings. The number of nitrogens with one attached hydrogen (secondary N) is 1. The van der Waals surface area contributed by atoms with Gasteiger partial charge in [0.05, 0.1) is 17.4 Å². The molecule has 0 radical (unpaired) electrons. The van der Waals surface area contributed by atoms with E-state index in [-0.39, 0.29) is 16.8 Å². The van der Waals surface area contributed by atoms with Crippen molar-refractivity contribution in [2.75, 3.05) is 5.73 Å². The Morgan fingerprint density at radius 2 is 2.19 bits per heavy atom. The fourth-order valence-corrected chi connectivity index (χ4v) is 2.53. The summed E-state index contributed by atoms with van der Waals surface area (Å²) in [7, 11) is 0. The molecule has 0 atom stereocenters. The monoisotopic (exact) mass is 305 g/mol. The van der Waals surface area contributed by atoms with Crippen LogP contribution in [0.25, 0.3) is 0 Å². The van der Waals surface area contributed by atoms with Gasteiger partial charge in [0.1, 0.15) is 5.03 Å². The van der Waals surface area contributed by atoms with E-state index in [1.54, 1.807) is 0 Å². The highest BCUT2D eigenvalue weighted by Crippen LogP contribution is 2.24. The van der Waals surface area contributed by atoms with Gasteiger partial charge in [-0.1, -0.05) is 13.3 Å². The number of aryl methyl sites for hydroxylation is 1. The van der Waals surface area contributed by atoms with Crippen LogP contribution in [0.5, 0.6) is 0 Å². The fourth-order valence-electron chi connectivity index (χ4n) is 1.73. The van der Waals surface area contributed by atoms with Crippen molar-refractivity contribution < 1.29 is 4.79 Å². The number of nitrogens with zero attached hydrogens (tertiary/aromatic N) is 2. The van der Waals surface area contributed by atoms with Crippen molar-refractivity contribution >= 4 is 23.4 Å². The number of hydrogen-bond donors (Lipinski definition) is 3. The van der Waals surface area contributed by atoms with Gasteiger partial charge in [0.15, 0.2) is 5.16 Å². The molecule has 0 aliphatic rings. The standard InChI is InChI=1S/C13H15N5O2S/c1-2-3-7-4-10(19)18-13(17-7)21-11-5-8(12(15)20)9(14)6-16-11/h4-6H,2-3,14H2,1H3,(H2,15,20)(H,17,18,19). The molecule has 2 aromatic heterocycles. The predicted octanol–water partition coefficient (Wildman–Crippen LogP) is 0.950. The van der Waals surface area contributed by atoms with Crippen LogP contribution in [0.4, 0.5) is 5.69 Å². The second kappa shape index (κ2) is 6.40. The minimum absolute atomic E-state index is 0.194. The van der Waals surface area contributed by atoms with Gasteiger partial charge in [-0.2, -0.15) is 0 Å². The largest absolute Gasteiger partial charge is 0.397 e. The van der Waals surface area contributed by atoms with E-state index in [1.807, 2.05) is 6.92 Å². The van der Waals surface area contributed by atoms with Crippen LogP contribution < -0.4 is 17.0 Å². The second-order valence-corrected chi connectivity index (χ2v) is 5.38. The van der Waals surface area contributed by atoms with Gasteiger partial charge in [-0.25, -0.2) is 9.97 Å². The van der Waals surface area contributed by atoms with Crippen molar-refractivity contribution in [3.05, 3.63) is 39.9 Å². The molecule has 0 spiro atoms. The topological polar surface area (TPSA) is 128 Å². The lowest BCUT2D eigenvalue weighted by molar-refractivity contribution is 0.100. The van der Waals surface area contributed by atoms with Crippen LogP contribution in [0.2, 0.25) is 0 Å². The number of nitrogen functional groups attached to an aromatic ring is 1. The SMILES string of the molecule is CCCc1cc(=O)[nH]c(Sc2cc(C(N)=O)c(N)cn2)n1. The highest BCUT2D eigenvalue weighted by molar-refractivity contribution is 7.99. The molecule has 0 saturated heterocycles. The zero-order valence-corrected chi connectivity index (χ0v) is 12.2. The molecule has 8 heteroatoms. The molecule has 0 aromatic carbocycles. The van der Waals surface area contributed by atoms with Crippen LogP contribution >= 0.6 is 11.8 Å². The Morgan fingerprint density at radius 3 is 2.86 bits per heavy atom. The number of carbonyl (C=O) groups excluding carboxylic acids is 1. The molecule has 2 rings (SSSR count). The third kappa shape index (κ3) is 3.82. The maximum Gasteiger partial charge on any atom is 0.251 e. The minimum Gasteiger partial charge on any atom is -0.397 e.